The Morgan fingerprint density at radius 1 is 1.40 bits per heavy atom. The first-order valence-electron chi connectivity index (χ1n) is 5.22. The first-order valence-corrected chi connectivity index (χ1v) is 5.22. The van der Waals surface area contributed by atoms with Gasteiger partial charge in [0.2, 0.25) is 0 Å². The van der Waals surface area contributed by atoms with Gasteiger partial charge in [0.25, 0.3) is 0 Å². The molecule has 0 amide bonds. The van der Waals surface area contributed by atoms with Gasteiger partial charge >= 0.3 is 5.97 Å². The molecule has 0 aliphatic rings. The van der Waals surface area contributed by atoms with E-state index in [9.17, 15) is 4.79 Å². The highest BCUT2D eigenvalue weighted by Crippen LogP contribution is 1.90. The van der Waals surface area contributed by atoms with E-state index in [2.05, 4.69) is 30.9 Å². The molecule has 0 bridgehead atoms. The highest BCUT2D eigenvalue weighted by Gasteiger charge is 2.01. The van der Waals surface area contributed by atoms with Crippen LogP contribution in [0.15, 0.2) is 12.2 Å². The highest BCUT2D eigenvalue weighted by molar-refractivity contribution is 5.86. The number of carbonyl (C=O) groups excluding carboxylic acids is 1. The Balaban J connectivity index is 3.18. The van der Waals surface area contributed by atoms with Gasteiger partial charge in [0.15, 0.2) is 0 Å². The van der Waals surface area contributed by atoms with Gasteiger partial charge in [-0.05, 0) is 40.5 Å². The Morgan fingerprint density at radius 2 is 2.07 bits per heavy atom. The summed E-state index contributed by atoms with van der Waals surface area (Å²) in [6, 6.07) is 0. The molecular formula is C11H22N2O2. The molecule has 0 aliphatic carbocycles. The molecule has 0 radical (unpaired) electrons. The van der Waals surface area contributed by atoms with E-state index < -0.39 is 0 Å². The quantitative estimate of drug-likeness (QED) is 0.366. The predicted molar refractivity (Wildman–Crippen MR) is 61.8 cm³/mol. The summed E-state index contributed by atoms with van der Waals surface area (Å²) in [6.45, 7) is 8.27. The van der Waals surface area contributed by atoms with Crippen LogP contribution in [0.5, 0.6) is 0 Å². The first-order chi connectivity index (χ1) is 7.04. The largest absolute Gasteiger partial charge is 0.461 e. The third kappa shape index (κ3) is 9.43. The van der Waals surface area contributed by atoms with Gasteiger partial charge in [0.05, 0.1) is 0 Å². The molecule has 0 aliphatic heterocycles. The van der Waals surface area contributed by atoms with Gasteiger partial charge in [-0.15, -0.1) is 0 Å². The number of hydrogen-bond donors (Lipinski definition) is 1. The van der Waals surface area contributed by atoms with Gasteiger partial charge in [-0.1, -0.05) is 6.58 Å². The van der Waals surface area contributed by atoms with Crippen LogP contribution < -0.4 is 5.32 Å². The lowest BCUT2D eigenvalue weighted by molar-refractivity contribution is -0.138. The van der Waals surface area contributed by atoms with Crippen molar-refractivity contribution in [1.82, 2.24) is 10.2 Å². The SMILES string of the molecule is C=C(C)C(=O)OCCNCCCN(C)C. The number of ether oxygens (including phenoxy) is 1. The summed E-state index contributed by atoms with van der Waals surface area (Å²) in [7, 11) is 4.10. The smallest absolute Gasteiger partial charge is 0.333 e. The second-order valence-electron chi connectivity index (χ2n) is 3.82. The maximum absolute atomic E-state index is 11.0. The van der Waals surface area contributed by atoms with Crippen LogP contribution in [0.1, 0.15) is 13.3 Å². The van der Waals surface area contributed by atoms with Crippen LogP contribution in [-0.2, 0) is 9.53 Å². The molecule has 4 nitrogen and oxygen atoms in total. The zero-order valence-electron chi connectivity index (χ0n) is 10.0. The predicted octanol–water partition coefficient (Wildman–Crippen LogP) is 0.647. The van der Waals surface area contributed by atoms with E-state index in [1.165, 1.54) is 0 Å². The number of hydrogen-bond acceptors (Lipinski definition) is 4. The number of nitrogens with one attached hydrogen (secondary N) is 1. The first kappa shape index (κ1) is 14.1. The van der Waals surface area contributed by atoms with Crippen molar-refractivity contribution in [3.63, 3.8) is 0 Å². The Labute approximate surface area is 92.3 Å². The van der Waals surface area contributed by atoms with E-state index in [0.717, 1.165) is 19.5 Å². The van der Waals surface area contributed by atoms with E-state index in [1.54, 1.807) is 6.92 Å². The molecule has 0 saturated carbocycles. The maximum Gasteiger partial charge on any atom is 0.333 e. The third-order valence-electron chi connectivity index (χ3n) is 1.82. The number of carbonyl (C=O) groups is 1. The van der Waals surface area contributed by atoms with Crippen molar-refractivity contribution in [3.05, 3.63) is 12.2 Å². The normalized spacial score (nSPS) is 10.4. The molecule has 0 heterocycles. The van der Waals surface area contributed by atoms with Crippen molar-refractivity contribution in [2.24, 2.45) is 0 Å². The molecule has 0 spiro atoms. The summed E-state index contributed by atoms with van der Waals surface area (Å²) in [5.41, 5.74) is 0.447. The molecule has 1 N–H and O–H groups in total. The Hall–Kier alpha value is -0.870. The highest BCUT2D eigenvalue weighted by atomic mass is 16.5. The van der Waals surface area contributed by atoms with Crippen LogP contribution in [0.25, 0.3) is 0 Å². The molecule has 15 heavy (non-hydrogen) atoms. The zero-order chi connectivity index (χ0) is 11.7. The monoisotopic (exact) mass is 214 g/mol. The second kappa shape index (κ2) is 8.44. The van der Waals surface area contributed by atoms with Gasteiger partial charge < -0.3 is 15.0 Å². The average molecular weight is 214 g/mol. The number of nitrogens with zero attached hydrogens (tertiary/aromatic N) is 1. The minimum absolute atomic E-state index is 0.315. The molecule has 0 fully saturated rings. The van der Waals surface area contributed by atoms with Crippen molar-refractivity contribution < 1.29 is 9.53 Å². The van der Waals surface area contributed by atoms with Gasteiger partial charge in [-0.3, -0.25) is 0 Å². The zero-order valence-corrected chi connectivity index (χ0v) is 10.0. The Bertz CT molecular complexity index is 203. The van der Waals surface area contributed by atoms with Crippen LogP contribution in [0.4, 0.5) is 0 Å². The summed E-state index contributed by atoms with van der Waals surface area (Å²) in [5.74, 6) is -0.315. The molecule has 0 aromatic rings. The van der Waals surface area contributed by atoms with Crippen LogP contribution in [0, 0.1) is 0 Å². The molecule has 0 unspecified atom stereocenters. The van der Waals surface area contributed by atoms with Gasteiger partial charge in [-0.25, -0.2) is 4.79 Å². The van der Waals surface area contributed by atoms with E-state index >= 15 is 0 Å². The van der Waals surface area contributed by atoms with Crippen molar-refractivity contribution in [2.75, 3.05) is 40.3 Å². The molecular weight excluding hydrogens is 192 g/mol. The standard InChI is InChI=1S/C11H22N2O2/c1-10(2)11(14)15-9-7-12-6-5-8-13(3)4/h12H,1,5-9H2,2-4H3. The van der Waals surface area contributed by atoms with Gasteiger partial charge in [0.1, 0.15) is 6.61 Å². The number of esters is 1. The fraction of sp³-hybridized carbons (Fsp3) is 0.727. The van der Waals surface area contributed by atoms with Crippen LogP contribution in [-0.4, -0.2) is 51.2 Å². The van der Waals surface area contributed by atoms with E-state index in [1.807, 2.05) is 0 Å². The summed E-state index contributed by atoms with van der Waals surface area (Å²) in [4.78, 5) is 13.1. The maximum atomic E-state index is 11.0. The molecule has 0 aromatic carbocycles. The lowest BCUT2D eigenvalue weighted by Gasteiger charge is -2.09. The van der Waals surface area contributed by atoms with E-state index in [0.29, 0.717) is 18.7 Å². The van der Waals surface area contributed by atoms with E-state index in [4.69, 9.17) is 4.74 Å². The fourth-order valence-corrected chi connectivity index (χ4v) is 0.984. The lowest BCUT2D eigenvalue weighted by atomic mass is 10.4. The number of rotatable bonds is 8. The molecule has 0 atom stereocenters. The molecule has 4 heteroatoms. The van der Waals surface area contributed by atoms with Crippen LogP contribution in [0.2, 0.25) is 0 Å². The van der Waals surface area contributed by atoms with Crippen molar-refractivity contribution >= 4 is 5.97 Å². The topological polar surface area (TPSA) is 41.6 Å². The molecule has 0 aromatic heterocycles. The molecule has 0 rings (SSSR count). The van der Waals surface area contributed by atoms with Crippen LogP contribution in [0.3, 0.4) is 0 Å². The fourth-order valence-electron chi connectivity index (χ4n) is 0.984. The van der Waals surface area contributed by atoms with Gasteiger partial charge in [0, 0.05) is 12.1 Å². The van der Waals surface area contributed by atoms with Crippen molar-refractivity contribution in [1.29, 1.82) is 0 Å². The minimum atomic E-state index is -0.315. The summed E-state index contributed by atoms with van der Waals surface area (Å²) in [6.07, 6.45) is 1.10. The van der Waals surface area contributed by atoms with Crippen LogP contribution >= 0.6 is 0 Å². The van der Waals surface area contributed by atoms with E-state index in [-0.39, 0.29) is 5.97 Å². The Morgan fingerprint density at radius 3 is 2.60 bits per heavy atom. The summed E-state index contributed by atoms with van der Waals surface area (Å²) >= 11 is 0. The second-order valence-corrected chi connectivity index (χ2v) is 3.82. The van der Waals surface area contributed by atoms with Crippen molar-refractivity contribution in [2.45, 2.75) is 13.3 Å². The summed E-state index contributed by atoms with van der Waals surface area (Å²) in [5, 5.41) is 3.20. The summed E-state index contributed by atoms with van der Waals surface area (Å²) < 4.78 is 4.92. The average Bonchev–Trinajstić information content (AvgIpc) is 2.15. The third-order valence-corrected chi connectivity index (χ3v) is 1.82. The Kier molecular flexibility index (Phi) is 7.95. The minimum Gasteiger partial charge on any atom is -0.461 e. The lowest BCUT2D eigenvalue weighted by Crippen LogP contribution is -2.25. The molecule has 0 saturated heterocycles. The molecule has 88 valence electrons. The van der Waals surface area contributed by atoms with Crippen molar-refractivity contribution in [3.8, 4) is 0 Å². The van der Waals surface area contributed by atoms with Gasteiger partial charge in [-0.2, -0.15) is 0 Å².